The zero-order chi connectivity index (χ0) is 14.5. The molecule has 1 fully saturated rings. The van der Waals surface area contributed by atoms with Gasteiger partial charge in [-0.3, -0.25) is 4.79 Å². The van der Waals surface area contributed by atoms with E-state index in [0.29, 0.717) is 23.6 Å². The summed E-state index contributed by atoms with van der Waals surface area (Å²) >= 11 is 3.83. The Labute approximate surface area is 127 Å². The molecule has 0 radical (unpaired) electrons. The van der Waals surface area contributed by atoms with Crippen molar-refractivity contribution in [2.45, 2.75) is 43.6 Å². The van der Waals surface area contributed by atoms with Crippen LogP contribution in [0.15, 0.2) is 4.52 Å². The second-order valence-corrected chi connectivity index (χ2v) is 7.17. The van der Waals surface area contributed by atoms with Gasteiger partial charge in [-0.2, -0.15) is 16.7 Å². The van der Waals surface area contributed by atoms with Crippen molar-refractivity contribution in [3.63, 3.8) is 0 Å². The van der Waals surface area contributed by atoms with E-state index in [9.17, 15) is 4.79 Å². The fourth-order valence-electron chi connectivity index (χ4n) is 2.05. The molecular formula is C13H20N2O3S2. The second-order valence-electron chi connectivity index (χ2n) is 4.57. The Morgan fingerprint density at radius 1 is 1.45 bits per heavy atom. The van der Waals surface area contributed by atoms with Crippen molar-refractivity contribution in [2.75, 3.05) is 18.1 Å². The maximum Gasteiger partial charge on any atom is 0.318 e. The standard InChI is InChI=1S/C13H20N2O3S2/c1-4-9-10(20-7-6-19-9)11-14-12(18-15-11)8(3)13(16)17-5-2/h8-10H,4-7H2,1-3H3. The minimum absolute atomic E-state index is 0.255. The van der Waals surface area contributed by atoms with Gasteiger partial charge in [0.25, 0.3) is 0 Å². The lowest BCUT2D eigenvalue weighted by molar-refractivity contribution is -0.145. The molecule has 1 aliphatic rings. The molecule has 1 aromatic rings. The van der Waals surface area contributed by atoms with E-state index in [4.69, 9.17) is 9.26 Å². The number of aromatic nitrogens is 2. The first kappa shape index (κ1) is 15.7. The summed E-state index contributed by atoms with van der Waals surface area (Å²) in [5.74, 6) is 2.51. The minimum atomic E-state index is -0.502. The largest absolute Gasteiger partial charge is 0.465 e. The van der Waals surface area contributed by atoms with E-state index in [2.05, 4.69) is 17.1 Å². The van der Waals surface area contributed by atoms with E-state index in [1.165, 1.54) is 5.75 Å². The molecule has 0 aromatic carbocycles. The van der Waals surface area contributed by atoms with E-state index < -0.39 is 5.92 Å². The molecule has 0 spiro atoms. The fraction of sp³-hybridized carbons (Fsp3) is 0.769. The monoisotopic (exact) mass is 316 g/mol. The number of carbonyl (C=O) groups is 1. The molecule has 0 aliphatic carbocycles. The van der Waals surface area contributed by atoms with Crippen LogP contribution in [0.2, 0.25) is 0 Å². The van der Waals surface area contributed by atoms with Gasteiger partial charge < -0.3 is 9.26 Å². The topological polar surface area (TPSA) is 65.2 Å². The van der Waals surface area contributed by atoms with Gasteiger partial charge >= 0.3 is 5.97 Å². The van der Waals surface area contributed by atoms with Crippen LogP contribution in [0, 0.1) is 0 Å². The molecule has 0 saturated carbocycles. The van der Waals surface area contributed by atoms with Crippen molar-refractivity contribution < 1.29 is 14.1 Å². The molecule has 7 heteroatoms. The first-order valence-corrected chi connectivity index (χ1v) is 9.00. The van der Waals surface area contributed by atoms with Crippen LogP contribution in [-0.2, 0) is 9.53 Å². The van der Waals surface area contributed by atoms with Crippen LogP contribution in [0.25, 0.3) is 0 Å². The van der Waals surface area contributed by atoms with Crippen LogP contribution in [0.3, 0.4) is 0 Å². The lowest BCUT2D eigenvalue weighted by atomic mass is 10.2. The van der Waals surface area contributed by atoms with Crippen molar-refractivity contribution in [1.29, 1.82) is 0 Å². The molecule has 3 unspecified atom stereocenters. The van der Waals surface area contributed by atoms with Gasteiger partial charge in [0.15, 0.2) is 5.82 Å². The van der Waals surface area contributed by atoms with Crippen LogP contribution >= 0.6 is 23.5 Å². The molecule has 1 aliphatic heterocycles. The zero-order valence-electron chi connectivity index (χ0n) is 12.0. The average Bonchev–Trinajstić information content (AvgIpc) is 2.96. The van der Waals surface area contributed by atoms with E-state index in [0.717, 1.165) is 12.2 Å². The lowest BCUT2D eigenvalue weighted by Gasteiger charge is -2.27. The summed E-state index contributed by atoms with van der Waals surface area (Å²) in [6, 6.07) is 0. The maximum absolute atomic E-state index is 11.7. The predicted octanol–water partition coefficient (Wildman–Crippen LogP) is 3.04. The average molecular weight is 316 g/mol. The quantitative estimate of drug-likeness (QED) is 0.773. The molecule has 20 heavy (non-hydrogen) atoms. The summed E-state index contributed by atoms with van der Waals surface area (Å²) in [7, 11) is 0. The number of hydrogen-bond acceptors (Lipinski definition) is 7. The molecular weight excluding hydrogens is 296 g/mol. The Balaban J connectivity index is 2.09. The van der Waals surface area contributed by atoms with Gasteiger partial charge in [0.2, 0.25) is 5.89 Å². The number of hydrogen-bond donors (Lipinski definition) is 0. The van der Waals surface area contributed by atoms with Crippen molar-refractivity contribution in [3.05, 3.63) is 11.7 Å². The zero-order valence-corrected chi connectivity index (χ0v) is 13.6. The molecule has 0 amide bonds. The van der Waals surface area contributed by atoms with Crippen molar-refractivity contribution in [3.8, 4) is 0 Å². The summed E-state index contributed by atoms with van der Waals surface area (Å²) in [5.41, 5.74) is 0. The van der Waals surface area contributed by atoms with Crippen molar-refractivity contribution >= 4 is 29.5 Å². The smallest absolute Gasteiger partial charge is 0.318 e. The van der Waals surface area contributed by atoms with Gasteiger partial charge in [-0.15, -0.1) is 11.8 Å². The van der Waals surface area contributed by atoms with E-state index >= 15 is 0 Å². The van der Waals surface area contributed by atoms with E-state index in [1.807, 2.05) is 23.5 Å². The Kier molecular flexibility index (Phi) is 5.77. The SMILES string of the molecule is CCOC(=O)C(C)c1nc(C2SCCSC2CC)no1. The number of esters is 1. The van der Waals surface area contributed by atoms with Crippen LogP contribution in [0.4, 0.5) is 0 Å². The van der Waals surface area contributed by atoms with Gasteiger partial charge in [0.1, 0.15) is 5.92 Å². The first-order chi connectivity index (χ1) is 9.67. The number of rotatable bonds is 5. The molecule has 3 atom stereocenters. The lowest BCUT2D eigenvalue weighted by Crippen LogP contribution is -2.19. The summed E-state index contributed by atoms with van der Waals surface area (Å²) in [5, 5.41) is 4.84. The first-order valence-electron chi connectivity index (χ1n) is 6.90. The number of thioether (sulfide) groups is 2. The predicted molar refractivity (Wildman–Crippen MR) is 81.1 cm³/mol. The molecule has 5 nitrogen and oxygen atoms in total. The summed E-state index contributed by atoms with van der Waals surface area (Å²) in [6.07, 6.45) is 1.08. The second kappa shape index (κ2) is 7.36. The number of nitrogens with zero attached hydrogens (tertiary/aromatic N) is 2. The Morgan fingerprint density at radius 3 is 2.90 bits per heavy atom. The Hall–Kier alpha value is -0.690. The summed E-state index contributed by atoms with van der Waals surface area (Å²) < 4.78 is 10.2. The van der Waals surface area contributed by atoms with Crippen molar-refractivity contribution in [1.82, 2.24) is 10.1 Å². The van der Waals surface area contributed by atoms with Crippen LogP contribution < -0.4 is 0 Å². The van der Waals surface area contributed by atoms with Crippen LogP contribution in [-0.4, -0.2) is 39.5 Å². The molecule has 2 heterocycles. The highest BCUT2D eigenvalue weighted by Crippen LogP contribution is 2.43. The fourth-order valence-corrected chi connectivity index (χ4v) is 5.03. The normalized spacial score (nSPS) is 24.4. The Bertz CT molecular complexity index is 453. The number of carbonyl (C=O) groups excluding carboxylic acids is 1. The third-order valence-electron chi connectivity index (χ3n) is 3.18. The third kappa shape index (κ3) is 3.49. The van der Waals surface area contributed by atoms with Gasteiger partial charge in [-0.05, 0) is 20.3 Å². The molecule has 112 valence electrons. The van der Waals surface area contributed by atoms with Crippen LogP contribution in [0.5, 0.6) is 0 Å². The van der Waals surface area contributed by atoms with E-state index in [-0.39, 0.29) is 11.2 Å². The molecule has 1 saturated heterocycles. The minimum Gasteiger partial charge on any atom is -0.465 e. The van der Waals surface area contributed by atoms with Gasteiger partial charge in [0.05, 0.1) is 11.9 Å². The highest BCUT2D eigenvalue weighted by atomic mass is 32.2. The number of ether oxygens (including phenoxy) is 1. The maximum atomic E-state index is 11.7. The van der Waals surface area contributed by atoms with Gasteiger partial charge in [-0.1, -0.05) is 12.1 Å². The molecule has 0 bridgehead atoms. The van der Waals surface area contributed by atoms with Gasteiger partial charge in [-0.25, -0.2) is 0 Å². The highest BCUT2D eigenvalue weighted by Gasteiger charge is 2.32. The highest BCUT2D eigenvalue weighted by molar-refractivity contribution is 8.06. The summed E-state index contributed by atoms with van der Waals surface area (Å²) in [6.45, 7) is 6.05. The third-order valence-corrected chi connectivity index (χ3v) is 6.42. The van der Waals surface area contributed by atoms with Crippen molar-refractivity contribution in [2.24, 2.45) is 0 Å². The van der Waals surface area contributed by atoms with E-state index in [1.54, 1.807) is 13.8 Å². The van der Waals surface area contributed by atoms with Crippen LogP contribution in [0.1, 0.15) is 50.1 Å². The molecule has 2 rings (SSSR count). The van der Waals surface area contributed by atoms with Gasteiger partial charge in [0, 0.05) is 16.8 Å². The molecule has 0 N–H and O–H groups in total. The molecule has 1 aromatic heterocycles. The summed E-state index contributed by atoms with van der Waals surface area (Å²) in [4.78, 5) is 16.1. The Morgan fingerprint density at radius 2 is 2.20 bits per heavy atom.